The molecule has 0 fully saturated rings. The summed E-state index contributed by atoms with van der Waals surface area (Å²) in [4.78, 5) is 26.0. The Hall–Kier alpha value is -2.25. The van der Waals surface area contributed by atoms with E-state index in [0.29, 0.717) is 28.7 Å². The van der Waals surface area contributed by atoms with Crippen LogP contribution >= 0.6 is 23.6 Å². The van der Waals surface area contributed by atoms with Crippen molar-refractivity contribution in [2.75, 3.05) is 11.9 Å². The van der Waals surface area contributed by atoms with Gasteiger partial charge in [0.15, 0.2) is 5.11 Å². The molecular formula is C20H22N2O3S2. The van der Waals surface area contributed by atoms with E-state index in [0.717, 1.165) is 24.8 Å². The Morgan fingerprint density at radius 1 is 1.30 bits per heavy atom. The molecule has 0 saturated heterocycles. The summed E-state index contributed by atoms with van der Waals surface area (Å²) in [5, 5.41) is 6.52. The smallest absolute Gasteiger partial charge is 0.341 e. The predicted molar refractivity (Wildman–Crippen MR) is 112 cm³/mol. The van der Waals surface area contributed by atoms with Crippen molar-refractivity contribution in [2.24, 2.45) is 5.92 Å². The molecule has 2 aromatic rings. The highest BCUT2D eigenvalue weighted by Crippen LogP contribution is 2.40. The third-order valence-corrected chi connectivity index (χ3v) is 5.86. The minimum atomic E-state index is -0.343. The van der Waals surface area contributed by atoms with Crippen LogP contribution in [0.4, 0.5) is 5.00 Å². The van der Waals surface area contributed by atoms with Gasteiger partial charge in [-0.25, -0.2) is 4.79 Å². The zero-order valence-electron chi connectivity index (χ0n) is 15.3. The summed E-state index contributed by atoms with van der Waals surface area (Å²) in [7, 11) is 0. The molecule has 1 aromatic carbocycles. The lowest BCUT2D eigenvalue weighted by molar-refractivity contribution is 0.0526. The van der Waals surface area contributed by atoms with Crippen LogP contribution in [0.1, 0.15) is 51.4 Å². The fraction of sp³-hybridized carbons (Fsp3) is 0.350. The van der Waals surface area contributed by atoms with Gasteiger partial charge in [-0.2, -0.15) is 0 Å². The number of thiocarbonyl (C=S) groups is 1. The molecule has 27 heavy (non-hydrogen) atoms. The second-order valence-corrected chi connectivity index (χ2v) is 8.06. The zero-order valence-corrected chi connectivity index (χ0v) is 17.0. The number of hydrogen-bond acceptors (Lipinski definition) is 5. The fourth-order valence-corrected chi connectivity index (χ4v) is 4.82. The van der Waals surface area contributed by atoms with E-state index in [2.05, 4.69) is 17.6 Å². The van der Waals surface area contributed by atoms with Crippen molar-refractivity contribution in [3.63, 3.8) is 0 Å². The third kappa shape index (κ3) is 4.54. The van der Waals surface area contributed by atoms with Gasteiger partial charge in [0.05, 0.1) is 12.2 Å². The molecule has 7 heteroatoms. The predicted octanol–water partition coefficient (Wildman–Crippen LogP) is 4.18. The Morgan fingerprint density at radius 3 is 2.74 bits per heavy atom. The molecule has 2 N–H and O–H groups in total. The minimum absolute atomic E-state index is 0.168. The van der Waals surface area contributed by atoms with Gasteiger partial charge in [-0.15, -0.1) is 11.3 Å². The van der Waals surface area contributed by atoms with Crippen LogP contribution in [-0.2, 0) is 17.6 Å². The van der Waals surface area contributed by atoms with Gasteiger partial charge in [-0.1, -0.05) is 25.1 Å². The van der Waals surface area contributed by atoms with E-state index in [9.17, 15) is 9.59 Å². The molecule has 3 rings (SSSR count). The molecule has 5 nitrogen and oxygen atoms in total. The summed E-state index contributed by atoms with van der Waals surface area (Å²) >= 11 is 6.82. The van der Waals surface area contributed by atoms with Gasteiger partial charge in [0.2, 0.25) is 0 Å². The van der Waals surface area contributed by atoms with E-state index >= 15 is 0 Å². The van der Waals surface area contributed by atoms with Crippen molar-refractivity contribution in [3.8, 4) is 0 Å². The van der Waals surface area contributed by atoms with Gasteiger partial charge in [0.1, 0.15) is 5.00 Å². The number of esters is 1. The van der Waals surface area contributed by atoms with Gasteiger partial charge >= 0.3 is 5.97 Å². The lowest BCUT2D eigenvalue weighted by Gasteiger charge is -2.18. The highest BCUT2D eigenvalue weighted by Gasteiger charge is 2.28. The van der Waals surface area contributed by atoms with Crippen molar-refractivity contribution in [3.05, 3.63) is 51.9 Å². The lowest BCUT2D eigenvalue weighted by atomic mass is 9.88. The topological polar surface area (TPSA) is 67.4 Å². The summed E-state index contributed by atoms with van der Waals surface area (Å²) in [5.41, 5.74) is 2.13. The minimum Gasteiger partial charge on any atom is -0.462 e. The van der Waals surface area contributed by atoms with E-state index in [4.69, 9.17) is 17.0 Å². The van der Waals surface area contributed by atoms with Crippen LogP contribution in [0.2, 0.25) is 0 Å². The van der Waals surface area contributed by atoms with E-state index in [1.54, 1.807) is 31.2 Å². The summed E-state index contributed by atoms with van der Waals surface area (Å²) < 4.78 is 5.25. The number of fused-ring (bicyclic) bond motifs is 1. The first-order valence-electron chi connectivity index (χ1n) is 8.98. The quantitative estimate of drug-likeness (QED) is 0.593. The molecule has 0 aliphatic heterocycles. The molecule has 0 radical (unpaired) electrons. The van der Waals surface area contributed by atoms with Crippen molar-refractivity contribution < 1.29 is 14.3 Å². The molecule has 1 aliphatic rings. The molecule has 142 valence electrons. The van der Waals surface area contributed by atoms with Gasteiger partial charge in [0, 0.05) is 10.4 Å². The van der Waals surface area contributed by atoms with Crippen LogP contribution in [0.25, 0.3) is 0 Å². The average molecular weight is 403 g/mol. The number of anilines is 1. The van der Waals surface area contributed by atoms with E-state index < -0.39 is 0 Å². The maximum Gasteiger partial charge on any atom is 0.341 e. The summed E-state index contributed by atoms with van der Waals surface area (Å²) in [6.07, 6.45) is 2.84. The summed E-state index contributed by atoms with van der Waals surface area (Å²) in [5.74, 6) is -0.0475. The number of nitrogens with one attached hydrogen (secondary N) is 2. The number of carbonyl (C=O) groups is 2. The molecule has 0 bridgehead atoms. The summed E-state index contributed by atoms with van der Waals surface area (Å²) in [6, 6.07) is 8.86. The second-order valence-electron chi connectivity index (χ2n) is 6.55. The summed E-state index contributed by atoms with van der Waals surface area (Å²) in [6.45, 7) is 4.32. The Bertz CT molecular complexity index is 862. The number of amides is 1. The largest absolute Gasteiger partial charge is 0.462 e. The van der Waals surface area contributed by atoms with Crippen LogP contribution in [0.5, 0.6) is 0 Å². The number of carbonyl (C=O) groups excluding carboxylic acids is 2. The van der Waals surface area contributed by atoms with Crippen LogP contribution < -0.4 is 10.6 Å². The Morgan fingerprint density at radius 2 is 2.04 bits per heavy atom. The van der Waals surface area contributed by atoms with E-state index in [1.165, 1.54) is 16.2 Å². The molecule has 1 aliphatic carbocycles. The lowest BCUT2D eigenvalue weighted by Crippen LogP contribution is -2.34. The van der Waals surface area contributed by atoms with Crippen LogP contribution in [-0.4, -0.2) is 23.6 Å². The Labute approximate surface area is 168 Å². The molecule has 0 spiro atoms. The van der Waals surface area contributed by atoms with Crippen LogP contribution in [0.3, 0.4) is 0 Å². The first-order valence-corrected chi connectivity index (χ1v) is 10.2. The number of hydrogen-bond donors (Lipinski definition) is 2. The number of rotatable bonds is 4. The third-order valence-electron chi connectivity index (χ3n) is 4.48. The van der Waals surface area contributed by atoms with Gasteiger partial charge in [-0.05, 0) is 62.0 Å². The maximum atomic E-state index is 12.5. The Balaban J connectivity index is 1.80. The average Bonchev–Trinajstić information content (AvgIpc) is 2.99. The molecule has 0 unspecified atom stereocenters. The monoisotopic (exact) mass is 402 g/mol. The second kappa shape index (κ2) is 8.63. The van der Waals surface area contributed by atoms with Gasteiger partial charge < -0.3 is 10.1 Å². The highest BCUT2D eigenvalue weighted by atomic mass is 32.1. The van der Waals surface area contributed by atoms with Crippen molar-refractivity contribution in [2.45, 2.75) is 33.1 Å². The molecule has 1 heterocycles. The number of thiophene rings is 1. The van der Waals surface area contributed by atoms with Gasteiger partial charge in [-0.3, -0.25) is 10.1 Å². The van der Waals surface area contributed by atoms with Crippen molar-refractivity contribution in [1.29, 1.82) is 0 Å². The zero-order chi connectivity index (χ0) is 19.4. The maximum absolute atomic E-state index is 12.5. The van der Waals surface area contributed by atoms with E-state index in [-0.39, 0.29) is 17.0 Å². The van der Waals surface area contributed by atoms with Gasteiger partial charge in [0.25, 0.3) is 5.91 Å². The normalized spacial score (nSPS) is 15.6. The van der Waals surface area contributed by atoms with Crippen molar-refractivity contribution in [1.82, 2.24) is 5.32 Å². The van der Waals surface area contributed by atoms with E-state index in [1.807, 2.05) is 6.07 Å². The first kappa shape index (κ1) is 19.5. The Kier molecular flexibility index (Phi) is 6.23. The molecule has 0 saturated carbocycles. The fourth-order valence-electron chi connectivity index (χ4n) is 3.16. The molecule has 1 atom stereocenters. The molecular weight excluding hydrogens is 380 g/mol. The SMILES string of the molecule is CCOC(=O)c1c(NC(=S)NC(=O)c2ccccc2)sc2c1CC[C@H](C)C2. The first-order chi connectivity index (χ1) is 13.0. The highest BCUT2D eigenvalue weighted by molar-refractivity contribution is 7.80. The molecule has 1 aromatic heterocycles. The van der Waals surface area contributed by atoms with Crippen LogP contribution in [0, 0.1) is 5.92 Å². The van der Waals surface area contributed by atoms with Crippen LogP contribution in [0.15, 0.2) is 30.3 Å². The number of ether oxygens (including phenoxy) is 1. The number of benzene rings is 1. The standard InChI is InChI=1S/C20H22N2O3S2/c1-3-25-19(24)16-14-10-9-12(2)11-15(14)27-18(16)22-20(26)21-17(23)13-7-5-4-6-8-13/h4-8,12H,3,9-11H2,1-2H3,(H2,21,22,23,26)/t12-/m0/s1. The van der Waals surface area contributed by atoms with Crippen molar-refractivity contribution >= 4 is 45.5 Å². The molecule has 1 amide bonds.